The minimum atomic E-state index is -0.541. The average molecular weight is 242 g/mol. The fourth-order valence-corrected chi connectivity index (χ4v) is 0.977. The van der Waals surface area contributed by atoms with Crippen molar-refractivity contribution in [2.45, 2.75) is 19.0 Å². The molecule has 0 aromatic heterocycles. The minimum Gasteiger partial charge on any atom is -0.444 e. The second-order valence-electron chi connectivity index (χ2n) is 2.97. The van der Waals surface area contributed by atoms with E-state index >= 15 is 0 Å². The number of nitrogens with two attached hydrogens (primary N) is 1. The topological polar surface area (TPSA) is 52.3 Å². The summed E-state index contributed by atoms with van der Waals surface area (Å²) in [5.74, 6) is 0.126. The summed E-state index contributed by atoms with van der Waals surface area (Å²) in [5.41, 5.74) is 6.25. The van der Waals surface area contributed by atoms with Crippen LogP contribution in [0.2, 0.25) is 0 Å². The molecule has 0 fully saturated rings. The van der Waals surface area contributed by atoms with E-state index in [-0.39, 0.29) is 0 Å². The summed E-state index contributed by atoms with van der Waals surface area (Å²) in [6, 6.07) is 9.96. The lowest BCUT2D eigenvalue weighted by molar-refractivity contribution is -0.141. The van der Waals surface area contributed by atoms with Crippen LogP contribution in [0.3, 0.4) is 0 Å². The Morgan fingerprint density at radius 2 is 2.12 bits per heavy atom. The fourth-order valence-electron chi connectivity index (χ4n) is 0.798. The lowest BCUT2D eigenvalue weighted by Gasteiger charge is -2.02. The molecule has 1 atom stereocenters. The molecule has 0 saturated heterocycles. The number of ether oxygens (including phenoxy) is 1. The number of hydrogen-bond donors (Lipinski definition) is 1. The monoisotopic (exact) mass is 241 g/mol. The molecule has 0 heterocycles. The van der Waals surface area contributed by atoms with E-state index in [0.29, 0.717) is 5.88 Å². The van der Waals surface area contributed by atoms with E-state index in [2.05, 4.69) is 11.3 Å². The molecule has 1 unspecified atom stereocenters. The third-order valence-corrected chi connectivity index (χ3v) is 1.77. The molecular formula is C12H16ClNO2. The van der Waals surface area contributed by atoms with Crippen molar-refractivity contribution in [3.63, 3.8) is 0 Å². The maximum atomic E-state index is 10.2. The second kappa shape index (κ2) is 8.95. The molecule has 4 heteroatoms. The van der Waals surface area contributed by atoms with E-state index in [4.69, 9.17) is 17.3 Å². The molecule has 16 heavy (non-hydrogen) atoms. The summed E-state index contributed by atoms with van der Waals surface area (Å²) in [5, 5.41) is 0. The average Bonchev–Trinajstić information content (AvgIpc) is 2.30. The van der Waals surface area contributed by atoms with Gasteiger partial charge in [-0.15, -0.1) is 11.6 Å². The normalized spacial score (nSPS) is 10.7. The third-order valence-electron chi connectivity index (χ3n) is 1.47. The van der Waals surface area contributed by atoms with Gasteiger partial charge in [0.1, 0.15) is 6.23 Å². The summed E-state index contributed by atoms with van der Waals surface area (Å²) in [7, 11) is 0. The van der Waals surface area contributed by atoms with Crippen molar-refractivity contribution >= 4 is 17.6 Å². The van der Waals surface area contributed by atoms with Crippen LogP contribution in [0.15, 0.2) is 43.0 Å². The van der Waals surface area contributed by atoms with Gasteiger partial charge in [0, 0.05) is 12.0 Å². The van der Waals surface area contributed by atoms with Gasteiger partial charge in [-0.05, 0) is 12.5 Å². The van der Waals surface area contributed by atoms with Crippen molar-refractivity contribution < 1.29 is 9.53 Å². The third kappa shape index (κ3) is 8.03. The Balaban J connectivity index is 0.000000281. The highest BCUT2D eigenvalue weighted by atomic mass is 35.5. The Labute approximate surface area is 101 Å². The van der Waals surface area contributed by atoms with Crippen LogP contribution in [0.1, 0.15) is 12.5 Å². The van der Waals surface area contributed by atoms with E-state index in [0.717, 1.165) is 6.08 Å². The molecular weight excluding hydrogens is 226 g/mol. The molecule has 0 radical (unpaired) electrons. The number of esters is 1. The Kier molecular flexibility index (Phi) is 8.21. The fraction of sp³-hybridized carbons (Fsp3) is 0.250. The summed E-state index contributed by atoms with van der Waals surface area (Å²) >= 11 is 5.53. The van der Waals surface area contributed by atoms with Gasteiger partial charge < -0.3 is 4.74 Å². The summed E-state index contributed by atoms with van der Waals surface area (Å²) in [4.78, 5) is 10.2. The van der Waals surface area contributed by atoms with Gasteiger partial charge in [-0.25, -0.2) is 4.79 Å². The number of benzene rings is 1. The summed E-state index contributed by atoms with van der Waals surface area (Å²) in [6.45, 7) is 4.75. The van der Waals surface area contributed by atoms with Crippen molar-refractivity contribution in [2.24, 2.45) is 5.73 Å². The van der Waals surface area contributed by atoms with E-state index in [1.807, 2.05) is 30.3 Å². The van der Waals surface area contributed by atoms with Gasteiger partial charge in [-0.1, -0.05) is 36.9 Å². The highest BCUT2D eigenvalue weighted by Gasteiger charge is 1.96. The molecule has 2 N–H and O–H groups in total. The first-order valence-electron chi connectivity index (χ1n) is 4.78. The van der Waals surface area contributed by atoms with Crippen LogP contribution in [0, 0.1) is 0 Å². The van der Waals surface area contributed by atoms with Crippen molar-refractivity contribution in [1.29, 1.82) is 0 Å². The van der Waals surface area contributed by atoms with Crippen LogP contribution in [0.5, 0.6) is 0 Å². The summed E-state index contributed by atoms with van der Waals surface area (Å²) in [6.07, 6.45) is 0.532. The molecule has 0 aliphatic rings. The predicted octanol–water partition coefficient (Wildman–Crippen LogP) is 2.45. The Hall–Kier alpha value is -1.32. The number of hydrogen-bond acceptors (Lipinski definition) is 3. The van der Waals surface area contributed by atoms with E-state index in [9.17, 15) is 4.79 Å². The maximum Gasteiger partial charge on any atom is 0.331 e. The number of carbonyl (C=O) groups excluding carboxylic acids is 1. The molecule has 0 bridgehead atoms. The molecule has 88 valence electrons. The van der Waals surface area contributed by atoms with E-state index in [1.54, 1.807) is 6.92 Å². The molecule has 0 amide bonds. The first kappa shape index (κ1) is 14.7. The molecule has 0 spiro atoms. The van der Waals surface area contributed by atoms with Crippen LogP contribution < -0.4 is 5.73 Å². The van der Waals surface area contributed by atoms with Gasteiger partial charge in [0.05, 0.1) is 0 Å². The standard InChI is InChI=1S/C7H7Cl.C5H9NO2/c8-6-7-4-2-1-3-5-7;1-3-5(7)8-4(2)6/h1-5H,6H2;3-4H,1,6H2,2H3. The van der Waals surface area contributed by atoms with Gasteiger partial charge >= 0.3 is 5.97 Å². The van der Waals surface area contributed by atoms with Crippen LogP contribution in [0.4, 0.5) is 0 Å². The smallest absolute Gasteiger partial charge is 0.331 e. The number of rotatable bonds is 3. The van der Waals surface area contributed by atoms with Crippen molar-refractivity contribution in [1.82, 2.24) is 0 Å². The minimum absolute atomic E-state index is 0.486. The first-order chi connectivity index (χ1) is 7.60. The Morgan fingerprint density at radius 3 is 2.38 bits per heavy atom. The molecule has 3 nitrogen and oxygen atoms in total. The zero-order chi connectivity index (χ0) is 12.4. The highest BCUT2D eigenvalue weighted by molar-refractivity contribution is 6.17. The highest BCUT2D eigenvalue weighted by Crippen LogP contribution is 2.00. The molecule has 1 aromatic carbocycles. The van der Waals surface area contributed by atoms with Gasteiger partial charge in [-0.3, -0.25) is 5.73 Å². The van der Waals surface area contributed by atoms with Crippen molar-refractivity contribution in [3.8, 4) is 0 Å². The number of halogens is 1. The van der Waals surface area contributed by atoms with E-state index < -0.39 is 12.2 Å². The Morgan fingerprint density at radius 1 is 1.56 bits per heavy atom. The molecule has 0 aliphatic heterocycles. The molecule has 1 aromatic rings. The number of alkyl halides is 1. The van der Waals surface area contributed by atoms with Crippen molar-refractivity contribution in [3.05, 3.63) is 48.6 Å². The SMILES string of the molecule is C=CC(=O)OC(C)N.ClCc1ccccc1. The van der Waals surface area contributed by atoms with Crippen LogP contribution >= 0.6 is 11.6 Å². The predicted molar refractivity (Wildman–Crippen MR) is 65.9 cm³/mol. The maximum absolute atomic E-state index is 10.2. The van der Waals surface area contributed by atoms with Crippen LogP contribution in [0.25, 0.3) is 0 Å². The molecule has 1 rings (SSSR count). The zero-order valence-corrected chi connectivity index (χ0v) is 9.98. The van der Waals surface area contributed by atoms with Gasteiger partial charge in [0.2, 0.25) is 0 Å². The van der Waals surface area contributed by atoms with Gasteiger partial charge in [0.25, 0.3) is 0 Å². The van der Waals surface area contributed by atoms with Gasteiger partial charge in [0.15, 0.2) is 0 Å². The number of carbonyl (C=O) groups is 1. The first-order valence-corrected chi connectivity index (χ1v) is 5.32. The lowest BCUT2D eigenvalue weighted by atomic mass is 10.2. The van der Waals surface area contributed by atoms with Crippen LogP contribution in [-0.2, 0) is 15.4 Å². The quantitative estimate of drug-likeness (QED) is 0.383. The van der Waals surface area contributed by atoms with Crippen LogP contribution in [-0.4, -0.2) is 12.2 Å². The zero-order valence-electron chi connectivity index (χ0n) is 9.23. The summed E-state index contributed by atoms with van der Waals surface area (Å²) < 4.78 is 4.42. The molecule has 0 saturated carbocycles. The van der Waals surface area contributed by atoms with E-state index in [1.165, 1.54) is 5.56 Å². The lowest BCUT2D eigenvalue weighted by Crippen LogP contribution is -2.21. The second-order valence-corrected chi connectivity index (χ2v) is 3.23. The van der Waals surface area contributed by atoms with Crippen molar-refractivity contribution in [2.75, 3.05) is 0 Å². The van der Waals surface area contributed by atoms with Gasteiger partial charge in [-0.2, -0.15) is 0 Å². The molecule has 0 aliphatic carbocycles. The largest absolute Gasteiger partial charge is 0.444 e. The Bertz CT molecular complexity index is 312.